The van der Waals surface area contributed by atoms with Crippen LogP contribution in [0.2, 0.25) is 0 Å². The Balaban J connectivity index is 1.25. The summed E-state index contributed by atoms with van der Waals surface area (Å²) >= 11 is 2.02. The molecule has 2 aliphatic heterocycles. The monoisotopic (exact) mass is 344 g/mol. The highest BCUT2D eigenvalue weighted by atomic mass is 32.2. The third-order valence-electron chi connectivity index (χ3n) is 4.76. The van der Waals surface area contributed by atoms with E-state index in [1.165, 1.54) is 6.07 Å². The summed E-state index contributed by atoms with van der Waals surface area (Å²) < 4.78 is 20.1. The molecule has 3 nitrogen and oxygen atoms in total. The van der Waals surface area contributed by atoms with Crippen LogP contribution < -0.4 is 0 Å². The summed E-state index contributed by atoms with van der Waals surface area (Å²) in [6.07, 6.45) is 5.04. The van der Waals surface area contributed by atoms with Gasteiger partial charge in [0.15, 0.2) is 0 Å². The fourth-order valence-electron chi connectivity index (χ4n) is 3.58. The molecule has 2 aromatic rings. The summed E-state index contributed by atoms with van der Waals surface area (Å²) in [5.41, 5.74) is 1.91. The van der Waals surface area contributed by atoms with Crippen molar-refractivity contribution < 1.29 is 9.13 Å². The SMILES string of the molecule is Fc1ccccc1CN1CC2(CC(OCc3cccnc3)CS2)C1. The minimum absolute atomic E-state index is 0.102. The molecule has 1 aromatic heterocycles. The average Bonchev–Trinajstić information content (AvgIpc) is 3.00. The van der Waals surface area contributed by atoms with Crippen molar-refractivity contribution in [1.82, 2.24) is 9.88 Å². The smallest absolute Gasteiger partial charge is 0.127 e. The van der Waals surface area contributed by atoms with Crippen LogP contribution in [0.15, 0.2) is 48.8 Å². The first kappa shape index (κ1) is 16.1. The summed E-state index contributed by atoms with van der Waals surface area (Å²) in [4.78, 5) is 6.45. The van der Waals surface area contributed by atoms with Crippen LogP contribution >= 0.6 is 11.8 Å². The molecule has 1 unspecified atom stereocenters. The topological polar surface area (TPSA) is 25.4 Å². The Hall–Kier alpha value is -1.43. The molecule has 0 bridgehead atoms. The summed E-state index contributed by atoms with van der Waals surface area (Å²) in [6.45, 7) is 3.39. The molecule has 3 heterocycles. The van der Waals surface area contributed by atoms with Crippen LogP contribution in [0.5, 0.6) is 0 Å². The van der Waals surface area contributed by atoms with E-state index in [4.69, 9.17) is 4.74 Å². The highest BCUT2D eigenvalue weighted by Crippen LogP contribution is 2.46. The number of likely N-dealkylation sites (tertiary alicyclic amines) is 1. The highest BCUT2D eigenvalue weighted by molar-refractivity contribution is 8.01. The normalized spacial score (nSPS) is 22.6. The molecule has 4 rings (SSSR count). The molecule has 1 aromatic carbocycles. The minimum atomic E-state index is -0.102. The van der Waals surface area contributed by atoms with Crippen LogP contribution in [-0.4, -0.2) is 39.6 Å². The Morgan fingerprint density at radius 2 is 2.12 bits per heavy atom. The van der Waals surface area contributed by atoms with E-state index in [9.17, 15) is 4.39 Å². The molecule has 2 saturated heterocycles. The molecule has 24 heavy (non-hydrogen) atoms. The van der Waals surface area contributed by atoms with Crippen molar-refractivity contribution in [3.63, 3.8) is 0 Å². The Morgan fingerprint density at radius 3 is 2.92 bits per heavy atom. The average molecular weight is 344 g/mol. The van der Waals surface area contributed by atoms with Gasteiger partial charge in [-0.2, -0.15) is 0 Å². The second-order valence-electron chi connectivity index (χ2n) is 6.73. The van der Waals surface area contributed by atoms with E-state index < -0.39 is 0 Å². The summed E-state index contributed by atoms with van der Waals surface area (Å²) in [5, 5.41) is 0. The van der Waals surface area contributed by atoms with Crippen LogP contribution in [0, 0.1) is 5.82 Å². The number of aromatic nitrogens is 1. The van der Waals surface area contributed by atoms with Gasteiger partial charge < -0.3 is 4.74 Å². The third-order valence-corrected chi connectivity index (χ3v) is 6.33. The zero-order valence-corrected chi connectivity index (χ0v) is 14.3. The molecule has 0 saturated carbocycles. The lowest BCUT2D eigenvalue weighted by Crippen LogP contribution is -2.58. The number of benzene rings is 1. The van der Waals surface area contributed by atoms with Gasteiger partial charge in [-0.25, -0.2) is 4.39 Å². The van der Waals surface area contributed by atoms with E-state index in [1.54, 1.807) is 12.3 Å². The zero-order valence-electron chi connectivity index (χ0n) is 13.5. The van der Waals surface area contributed by atoms with Gasteiger partial charge in [0.25, 0.3) is 0 Å². The van der Waals surface area contributed by atoms with E-state index in [1.807, 2.05) is 42.2 Å². The number of hydrogen-bond donors (Lipinski definition) is 0. The maximum absolute atomic E-state index is 13.7. The van der Waals surface area contributed by atoms with Gasteiger partial charge in [0, 0.05) is 48.1 Å². The van der Waals surface area contributed by atoms with Gasteiger partial charge in [-0.3, -0.25) is 9.88 Å². The largest absolute Gasteiger partial charge is 0.373 e. The lowest BCUT2D eigenvalue weighted by Gasteiger charge is -2.47. The van der Waals surface area contributed by atoms with E-state index in [2.05, 4.69) is 9.88 Å². The Bertz CT molecular complexity index is 691. The fourth-order valence-corrected chi connectivity index (χ4v) is 5.18. The van der Waals surface area contributed by atoms with Gasteiger partial charge in [-0.05, 0) is 24.1 Å². The molecule has 0 aliphatic carbocycles. The van der Waals surface area contributed by atoms with Crippen LogP contribution in [-0.2, 0) is 17.9 Å². The molecular weight excluding hydrogens is 323 g/mol. The van der Waals surface area contributed by atoms with E-state index >= 15 is 0 Å². The number of pyridine rings is 1. The number of hydrogen-bond acceptors (Lipinski definition) is 4. The van der Waals surface area contributed by atoms with Crippen LogP contribution in [0.1, 0.15) is 17.5 Å². The van der Waals surface area contributed by atoms with Crippen molar-refractivity contribution in [3.8, 4) is 0 Å². The first-order valence-electron chi connectivity index (χ1n) is 8.33. The summed E-state index contributed by atoms with van der Waals surface area (Å²) in [5.74, 6) is 0.948. The van der Waals surface area contributed by atoms with Crippen molar-refractivity contribution in [2.45, 2.75) is 30.4 Å². The molecule has 1 atom stereocenters. The maximum Gasteiger partial charge on any atom is 0.127 e. The lowest BCUT2D eigenvalue weighted by atomic mass is 9.92. The van der Waals surface area contributed by atoms with E-state index in [0.717, 1.165) is 36.4 Å². The molecule has 0 N–H and O–H groups in total. The van der Waals surface area contributed by atoms with Crippen molar-refractivity contribution in [3.05, 3.63) is 65.7 Å². The number of ether oxygens (including phenoxy) is 1. The molecular formula is C19H21FN2OS. The van der Waals surface area contributed by atoms with E-state index in [0.29, 0.717) is 24.0 Å². The summed E-state index contributed by atoms with van der Waals surface area (Å²) in [7, 11) is 0. The van der Waals surface area contributed by atoms with Gasteiger partial charge in [0.2, 0.25) is 0 Å². The number of halogens is 1. The molecule has 2 aliphatic rings. The predicted octanol–water partition coefficient (Wildman–Crippen LogP) is 3.50. The van der Waals surface area contributed by atoms with E-state index in [-0.39, 0.29) is 5.82 Å². The Labute approximate surface area is 146 Å². The van der Waals surface area contributed by atoms with Crippen molar-refractivity contribution in [2.24, 2.45) is 0 Å². The molecule has 5 heteroatoms. The second kappa shape index (κ2) is 6.82. The fraction of sp³-hybridized carbons (Fsp3) is 0.421. The lowest BCUT2D eigenvalue weighted by molar-refractivity contribution is 0.0261. The Kier molecular flexibility index (Phi) is 4.57. The van der Waals surface area contributed by atoms with Crippen molar-refractivity contribution in [2.75, 3.05) is 18.8 Å². The summed E-state index contributed by atoms with van der Waals surface area (Å²) in [6, 6.07) is 11.0. The molecule has 0 amide bonds. The van der Waals surface area contributed by atoms with Gasteiger partial charge in [-0.1, -0.05) is 24.3 Å². The van der Waals surface area contributed by atoms with Crippen molar-refractivity contribution in [1.29, 1.82) is 0 Å². The Morgan fingerprint density at radius 1 is 1.25 bits per heavy atom. The number of thioether (sulfide) groups is 1. The van der Waals surface area contributed by atoms with Crippen LogP contribution in [0.3, 0.4) is 0 Å². The molecule has 2 fully saturated rings. The van der Waals surface area contributed by atoms with Crippen LogP contribution in [0.4, 0.5) is 4.39 Å². The minimum Gasteiger partial charge on any atom is -0.373 e. The standard InChI is InChI=1S/C19H21FN2OS/c20-18-6-2-1-5-16(18)10-22-13-19(14-22)8-17(12-24-19)23-11-15-4-3-7-21-9-15/h1-7,9,17H,8,10-14H2. The molecule has 1 spiro atoms. The van der Waals surface area contributed by atoms with Crippen LogP contribution in [0.25, 0.3) is 0 Å². The maximum atomic E-state index is 13.7. The quantitative estimate of drug-likeness (QED) is 0.829. The zero-order chi connectivity index (χ0) is 16.4. The van der Waals surface area contributed by atoms with Gasteiger partial charge in [-0.15, -0.1) is 11.8 Å². The molecule has 0 radical (unpaired) electrons. The van der Waals surface area contributed by atoms with Gasteiger partial charge in [0.05, 0.1) is 12.7 Å². The van der Waals surface area contributed by atoms with Crippen molar-refractivity contribution >= 4 is 11.8 Å². The highest BCUT2D eigenvalue weighted by Gasteiger charge is 2.49. The predicted molar refractivity (Wildman–Crippen MR) is 94.3 cm³/mol. The second-order valence-corrected chi connectivity index (χ2v) is 8.22. The first-order chi connectivity index (χ1) is 11.7. The van der Waals surface area contributed by atoms with Gasteiger partial charge >= 0.3 is 0 Å². The van der Waals surface area contributed by atoms with Gasteiger partial charge in [0.1, 0.15) is 5.82 Å². The number of nitrogens with zero attached hydrogens (tertiary/aromatic N) is 2. The third kappa shape index (κ3) is 3.48. The molecule has 126 valence electrons. The first-order valence-corrected chi connectivity index (χ1v) is 9.31. The number of rotatable bonds is 5.